The number of ether oxygens (including phenoxy) is 7. The van der Waals surface area contributed by atoms with Gasteiger partial charge in [0, 0.05) is 18.5 Å². The number of rotatable bonds is 14. The smallest absolute Gasteiger partial charge is 0.407 e. The Hall–Kier alpha value is -4.94. The first-order valence-electron chi connectivity index (χ1n) is 15.8. The van der Waals surface area contributed by atoms with Gasteiger partial charge in [0.2, 0.25) is 0 Å². The number of benzene rings is 3. The number of alkyl carbamates (subject to hydrolysis) is 1. The predicted octanol–water partition coefficient (Wildman–Crippen LogP) is 5.23. The normalized spacial score (nSPS) is 22.2. The van der Waals surface area contributed by atoms with Gasteiger partial charge < -0.3 is 48.4 Å². The van der Waals surface area contributed by atoms with Crippen LogP contribution in [0, 0.1) is 0 Å². The minimum absolute atomic E-state index is 0.0170. The molecule has 1 amide bonds. The molecule has 0 radical (unpaired) electrons. The van der Waals surface area contributed by atoms with Crippen molar-refractivity contribution in [2.75, 3.05) is 41.1 Å². The number of methoxy groups -OCH3 is 3. The van der Waals surface area contributed by atoms with E-state index < -0.39 is 30.5 Å². The Balaban J connectivity index is 1.27. The SMILES string of the molecule is CCCNC(=O)OC[C@H]1O[C@H](CCO/N=C2\c3cc(OC)ccc3O[C@H](c3cccc(OC)c3)[C@@H]2O)C=C[C@@H]1Oc1ccc(OC)cc1. The van der Waals surface area contributed by atoms with Crippen LogP contribution in [0.4, 0.5) is 4.79 Å². The molecule has 5 atom stereocenters. The number of fused-ring (bicyclic) bond motifs is 1. The van der Waals surface area contributed by atoms with E-state index in [2.05, 4.69) is 10.5 Å². The molecule has 0 saturated heterocycles. The van der Waals surface area contributed by atoms with Gasteiger partial charge in [-0.15, -0.1) is 0 Å². The van der Waals surface area contributed by atoms with Crippen LogP contribution in [0.3, 0.4) is 0 Å². The van der Waals surface area contributed by atoms with Gasteiger partial charge in [-0.2, -0.15) is 0 Å². The molecule has 5 rings (SSSR count). The Morgan fingerprint density at radius 2 is 1.65 bits per heavy atom. The van der Waals surface area contributed by atoms with Crippen LogP contribution in [0.15, 0.2) is 84.0 Å². The third-order valence-corrected chi connectivity index (χ3v) is 7.82. The fourth-order valence-electron chi connectivity index (χ4n) is 5.26. The number of hydrogen-bond acceptors (Lipinski definition) is 11. The molecule has 12 nitrogen and oxygen atoms in total. The molecule has 3 aromatic rings. The van der Waals surface area contributed by atoms with Crippen LogP contribution in [0.2, 0.25) is 0 Å². The lowest BCUT2D eigenvalue weighted by atomic mass is 9.92. The Bertz CT molecular complexity index is 1560. The molecule has 0 bridgehead atoms. The summed E-state index contributed by atoms with van der Waals surface area (Å²) in [5.41, 5.74) is 1.59. The van der Waals surface area contributed by atoms with E-state index in [0.717, 1.165) is 12.0 Å². The van der Waals surface area contributed by atoms with Crippen molar-refractivity contribution < 1.29 is 47.9 Å². The third kappa shape index (κ3) is 8.69. The van der Waals surface area contributed by atoms with E-state index in [1.54, 1.807) is 63.8 Å². The topological polar surface area (TPSA) is 136 Å². The summed E-state index contributed by atoms with van der Waals surface area (Å²) in [5, 5.41) is 18.5. The molecule has 0 aromatic heterocycles. The summed E-state index contributed by atoms with van der Waals surface area (Å²) in [6.45, 7) is 2.63. The number of carbonyl (C=O) groups is 1. The molecule has 0 saturated carbocycles. The molecule has 2 heterocycles. The first-order chi connectivity index (χ1) is 23.4. The van der Waals surface area contributed by atoms with Crippen LogP contribution in [0.25, 0.3) is 0 Å². The number of carbonyl (C=O) groups excluding carboxylic acids is 1. The average molecular weight is 663 g/mol. The lowest BCUT2D eigenvalue weighted by Gasteiger charge is -2.32. The lowest BCUT2D eigenvalue weighted by Crippen LogP contribution is -2.43. The maximum atomic E-state index is 12.2. The van der Waals surface area contributed by atoms with Crippen LogP contribution in [-0.4, -0.2) is 82.4 Å². The van der Waals surface area contributed by atoms with Crippen LogP contribution in [-0.2, 0) is 14.3 Å². The van der Waals surface area contributed by atoms with Gasteiger partial charge in [0.15, 0.2) is 6.10 Å². The van der Waals surface area contributed by atoms with E-state index in [9.17, 15) is 9.90 Å². The predicted molar refractivity (Wildman–Crippen MR) is 177 cm³/mol. The van der Waals surface area contributed by atoms with Crippen LogP contribution < -0.4 is 29.0 Å². The van der Waals surface area contributed by atoms with Gasteiger partial charge in [0.1, 0.15) is 66.0 Å². The number of aliphatic hydroxyl groups is 1. The van der Waals surface area contributed by atoms with E-state index >= 15 is 0 Å². The largest absolute Gasteiger partial charge is 0.497 e. The third-order valence-electron chi connectivity index (χ3n) is 7.82. The summed E-state index contributed by atoms with van der Waals surface area (Å²) >= 11 is 0. The molecule has 48 heavy (non-hydrogen) atoms. The van der Waals surface area contributed by atoms with Crippen molar-refractivity contribution >= 4 is 11.8 Å². The van der Waals surface area contributed by atoms with Gasteiger partial charge in [-0.3, -0.25) is 0 Å². The van der Waals surface area contributed by atoms with E-state index in [0.29, 0.717) is 53.0 Å². The molecule has 3 aromatic carbocycles. The fraction of sp³-hybridized carbons (Fsp3) is 0.389. The van der Waals surface area contributed by atoms with Crippen molar-refractivity contribution in [1.29, 1.82) is 0 Å². The first-order valence-corrected chi connectivity index (χ1v) is 15.8. The summed E-state index contributed by atoms with van der Waals surface area (Å²) in [5.74, 6) is 3.08. The van der Waals surface area contributed by atoms with Gasteiger partial charge in [-0.25, -0.2) is 4.79 Å². The van der Waals surface area contributed by atoms with Crippen molar-refractivity contribution in [3.05, 3.63) is 90.0 Å². The molecule has 256 valence electrons. The maximum Gasteiger partial charge on any atom is 0.407 e. The van der Waals surface area contributed by atoms with Crippen LogP contribution >= 0.6 is 0 Å². The van der Waals surface area contributed by atoms with Gasteiger partial charge in [0.25, 0.3) is 0 Å². The second-order valence-corrected chi connectivity index (χ2v) is 11.1. The van der Waals surface area contributed by atoms with Crippen molar-refractivity contribution in [3.8, 4) is 28.7 Å². The van der Waals surface area contributed by atoms with E-state index in [4.69, 9.17) is 38.0 Å². The number of aliphatic hydroxyl groups excluding tert-OH is 1. The van der Waals surface area contributed by atoms with E-state index in [1.165, 1.54) is 0 Å². The Labute approximate surface area is 280 Å². The Kier molecular flexibility index (Phi) is 12.0. The number of nitrogens with one attached hydrogen (secondary N) is 1. The molecular weight excluding hydrogens is 620 g/mol. The van der Waals surface area contributed by atoms with Crippen molar-refractivity contribution in [1.82, 2.24) is 5.32 Å². The van der Waals surface area contributed by atoms with E-state index in [-0.39, 0.29) is 19.3 Å². The van der Waals surface area contributed by atoms with Crippen LogP contribution in [0.5, 0.6) is 28.7 Å². The highest BCUT2D eigenvalue weighted by Crippen LogP contribution is 2.38. The van der Waals surface area contributed by atoms with Gasteiger partial charge in [0.05, 0.1) is 27.4 Å². The van der Waals surface area contributed by atoms with Gasteiger partial charge in [-0.05, 0) is 72.7 Å². The number of oxime groups is 1. The second-order valence-electron chi connectivity index (χ2n) is 11.1. The highest BCUT2D eigenvalue weighted by molar-refractivity contribution is 6.07. The number of amides is 1. The monoisotopic (exact) mass is 662 g/mol. The summed E-state index contributed by atoms with van der Waals surface area (Å²) in [7, 11) is 4.74. The minimum atomic E-state index is -1.14. The number of hydrogen-bond donors (Lipinski definition) is 2. The Morgan fingerprint density at radius 3 is 2.40 bits per heavy atom. The zero-order valence-electron chi connectivity index (χ0n) is 27.5. The summed E-state index contributed by atoms with van der Waals surface area (Å²) < 4.78 is 40.1. The zero-order chi connectivity index (χ0) is 33.9. The summed E-state index contributed by atoms with van der Waals surface area (Å²) in [6, 6.07) is 19.8. The fourth-order valence-corrected chi connectivity index (χ4v) is 5.26. The van der Waals surface area contributed by atoms with Crippen molar-refractivity contribution in [2.45, 2.75) is 50.3 Å². The summed E-state index contributed by atoms with van der Waals surface area (Å²) in [6.07, 6.45) is 1.14. The van der Waals surface area contributed by atoms with Gasteiger partial charge >= 0.3 is 6.09 Å². The molecule has 12 heteroatoms. The lowest BCUT2D eigenvalue weighted by molar-refractivity contribution is -0.0808. The molecule has 0 spiro atoms. The van der Waals surface area contributed by atoms with Crippen molar-refractivity contribution in [2.24, 2.45) is 5.16 Å². The molecule has 2 aliphatic heterocycles. The maximum absolute atomic E-state index is 12.2. The first kappa shape index (κ1) is 34.4. The number of nitrogens with zero attached hydrogens (tertiary/aromatic N) is 1. The molecule has 0 aliphatic carbocycles. The molecule has 0 unspecified atom stereocenters. The molecule has 0 fully saturated rings. The minimum Gasteiger partial charge on any atom is -0.497 e. The highest BCUT2D eigenvalue weighted by atomic mass is 16.6. The molecular formula is C36H42N2O10. The quantitative estimate of drug-likeness (QED) is 0.134. The molecule has 2 aliphatic rings. The highest BCUT2D eigenvalue weighted by Gasteiger charge is 2.37. The zero-order valence-corrected chi connectivity index (χ0v) is 27.5. The average Bonchev–Trinajstić information content (AvgIpc) is 3.12. The van der Waals surface area contributed by atoms with Crippen molar-refractivity contribution in [3.63, 3.8) is 0 Å². The van der Waals surface area contributed by atoms with Crippen LogP contribution in [0.1, 0.15) is 37.0 Å². The second kappa shape index (κ2) is 16.8. The molecule has 2 N–H and O–H groups in total. The summed E-state index contributed by atoms with van der Waals surface area (Å²) in [4.78, 5) is 18.0. The van der Waals surface area contributed by atoms with Gasteiger partial charge in [-0.1, -0.05) is 30.3 Å². The Morgan fingerprint density at radius 1 is 0.917 bits per heavy atom. The van der Waals surface area contributed by atoms with E-state index in [1.807, 2.05) is 43.3 Å². The standard InChI is InChI=1S/C36H42N2O10/c1-5-18-37-36(40)44-22-32-31(46-25-11-9-24(41-2)10-12-25)16-13-26(47-32)17-19-45-38-33-29-21-28(43-4)14-15-30(29)48-35(34(33)39)23-7-6-8-27(20-23)42-3/h6-16,20-21,26,31-32,34-35,39H,5,17-19,22H2,1-4H3,(H,37,40)/b38-33+/t26-,31-,32+,34+,35+/m0/s1.